The largest absolute Gasteiger partial charge is 0.465 e. The fraction of sp³-hybridized carbons (Fsp3) is 0.273. The first kappa shape index (κ1) is 12.8. The molecule has 19 heavy (non-hydrogen) atoms. The van der Waals surface area contributed by atoms with Crippen LogP contribution in [0.15, 0.2) is 17.2 Å². The predicted octanol–water partition coefficient (Wildman–Crippen LogP) is -0.491. The monoisotopic (exact) mass is 264 g/mol. The highest BCUT2D eigenvalue weighted by Gasteiger charge is 2.23. The van der Waals surface area contributed by atoms with Gasteiger partial charge in [-0.15, -0.1) is 0 Å². The smallest absolute Gasteiger partial charge is 0.341 e. The van der Waals surface area contributed by atoms with Crippen LogP contribution in [0.1, 0.15) is 23.3 Å². The molecule has 0 saturated heterocycles. The second-order valence-electron chi connectivity index (χ2n) is 4.00. The molecule has 1 amide bonds. The highest BCUT2D eigenvalue weighted by molar-refractivity contribution is 5.96. The molecule has 0 unspecified atom stereocenters. The summed E-state index contributed by atoms with van der Waals surface area (Å²) in [5, 5.41) is 6.01. The minimum absolute atomic E-state index is 0.0893. The van der Waals surface area contributed by atoms with Crippen molar-refractivity contribution in [3.63, 3.8) is 0 Å². The molecule has 100 valence electrons. The van der Waals surface area contributed by atoms with Crippen LogP contribution in [0.5, 0.6) is 0 Å². The van der Waals surface area contributed by atoms with Gasteiger partial charge in [0.1, 0.15) is 17.3 Å². The number of ether oxygens (including phenoxy) is 1. The molecule has 2 aliphatic heterocycles. The standard InChI is InChI=1S/C11H12N4O4/c1-5(9(12)16)15-3-6-8(13-14-10(6)17)7(4-15)11(18)19-2/h3-5H,1-2H3,(H2,12,16)(H,14,17)/t5-/m1/s1. The fourth-order valence-electron chi connectivity index (χ4n) is 1.69. The number of hydrogen-bond donors (Lipinski definition) is 2. The van der Waals surface area contributed by atoms with Crippen molar-refractivity contribution in [3.05, 3.63) is 28.3 Å². The summed E-state index contributed by atoms with van der Waals surface area (Å²) in [6, 6.07) is -0.706. The number of nitrogens with two attached hydrogens (primary N) is 1. The van der Waals surface area contributed by atoms with Gasteiger partial charge in [0.25, 0.3) is 5.56 Å². The van der Waals surface area contributed by atoms with Crippen LogP contribution in [-0.2, 0) is 9.53 Å². The Bertz CT molecular complexity index is 672. The topological polar surface area (TPSA) is 120 Å². The van der Waals surface area contributed by atoms with Crippen molar-refractivity contribution in [1.82, 2.24) is 14.8 Å². The minimum Gasteiger partial charge on any atom is -0.465 e. The number of primary amides is 1. The fourth-order valence-corrected chi connectivity index (χ4v) is 1.69. The van der Waals surface area contributed by atoms with Crippen LogP contribution in [0.25, 0.3) is 11.3 Å². The average molecular weight is 264 g/mol. The van der Waals surface area contributed by atoms with E-state index in [4.69, 9.17) is 5.73 Å². The zero-order valence-electron chi connectivity index (χ0n) is 10.3. The molecule has 8 heteroatoms. The molecule has 8 nitrogen and oxygen atoms in total. The van der Waals surface area contributed by atoms with E-state index in [0.717, 1.165) is 0 Å². The van der Waals surface area contributed by atoms with Gasteiger partial charge < -0.3 is 15.0 Å². The van der Waals surface area contributed by atoms with Crippen LogP contribution in [-0.4, -0.2) is 33.8 Å². The molecule has 0 spiro atoms. The Morgan fingerprint density at radius 1 is 1.47 bits per heavy atom. The van der Waals surface area contributed by atoms with E-state index in [-0.39, 0.29) is 16.8 Å². The van der Waals surface area contributed by atoms with E-state index in [1.165, 1.54) is 24.1 Å². The zero-order valence-corrected chi connectivity index (χ0v) is 10.3. The molecule has 2 aliphatic rings. The summed E-state index contributed by atoms with van der Waals surface area (Å²) in [6.07, 6.45) is 2.80. The lowest BCUT2D eigenvalue weighted by atomic mass is 10.1. The summed E-state index contributed by atoms with van der Waals surface area (Å²) in [7, 11) is 1.22. The van der Waals surface area contributed by atoms with E-state index >= 15 is 0 Å². The number of aromatic amines is 1. The van der Waals surface area contributed by atoms with Gasteiger partial charge in [0, 0.05) is 12.4 Å². The Labute approximate surface area is 107 Å². The molecule has 0 aliphatic carbocycles. The van der Waals surface area contributed by atoms with E-state index in [9.17, 15) is 14.4 Å². The van der Waals surface area contributed by atoms with Gasteiger partial charge in [0.05, 0.1) is 12.7 Å². The summed E-state index contributed by atoms with van der Waals surface area (Å²) in [4.78, 5) is 34.5. The van der Waals surface area contributed by atoms with Crippen molar-refractivity contribution >= 4 is 11.9 Å². The number of nitrogens with one attached hydrogen (secondary N) is 1. The number of carbonyl (C=O) groups is 2. The van der Waals surface area contributed by atoms with E-state index in [1.807, 2.05) is 0 Å². The Morgan fingerprint density at radius 3 is 2.74 bits per heavy atom. The third-order valence-electron chi connectivity index (χ3n) is 2.84. The number of aromatic nitrogens is 3. The molecule has 1 atom stereocenters. The Hall–Kier alpha value is -2.64. The van der Waals surface area contributed by atoms with Gasteiger partial charge in [-0.1, -0.05) is 0 Å². The lowest BCUT2D eigenvalue weighted by molar-refractivity contribution is -0.120. The Morgan fingerprint density at radius 2 is 2.16 bits per heavy atom. The van der Waals surface area contributed by atoms with Gasteiger partial charge in [-0.05, 0) is 6.92 Å². The number of carbonyl (C=O) groups excluding carboxylic acids is 2. The molecular weight excluding hydrogens is 252 g/mol. The summed E-state index contributed by atoms with van der Waals surface area (Å²) < 4.78 is 6.01. The first-order valence-corrected chi connectivity index (χ1v) is 5.43. The normalized spacial score (nSPS) is 12.3. The maximum absolute atomic E-state index is 11.7. The second kappa shape index (κ2) is 4.56. The van der Waals surface area contributed by atoms with Crippen LogP contribution in [0.4, 0.5) is 0 Å². The van der Waals surface area contributed by atoms with Crippen LogP contribution in [0.2, 0.25) is 0 Å². The van der Waals surface area contributed by atoms with Gasteiger partial charge in [-0.2, -0.15) is 5.10 Å². The molecule has 0 saturated carbocycles. The number of methoxy groups -OCH3 is 1. The summed E-state index contributed by atoms with van der Waals surface area (Å²) >= 11 is 0. The lowest BCUT2D eigenvalue weighted by Gasteiger charge is -2.15. The van der Waals surface area contributed by atoms with Crippen LogP contribution >= 0.6 is 0 Å². The molecule has 2 rings (SSSR count). The van der Waals surface area contributed by atoms with E-state index in [1.54, 1.807) is 6.92 Å². The van der Waals surface area contributed by atoms with Gasteiger partial charge >= 0.3 is 5.97 Å². The molecule has 0 fully saturated rings. The van der Waals surface area contributed by atoms with Crippen LogP contribution < -0.4 is 11.3 Å². The average Bonchev–Trinajstić information content (AvgIpc) is 2.77. The first-order valence-electron chi connectivity index (χ1n) is 5.43. The highest BCUT2D eigenvalue weighted by atomic mass is 16.5. The first-order chi connectivity index (χ1) is 8.95. The number of pyridine rings is 1. The number of nitrogens with zero attached hydrogens (tertiary/aromatic N) is 2. The highest BCUT2D eigenvalue weighted by Crippen LogP contribution is 2.22. The third-order valence-corrected chi connectivity index (χ3v) is 2.84. The maximum Gasteiger partial charge on any atom is 0.341 e. The zero-order chi connectivity index (χ0) is 14.2. The quantitative estimate of drug-likeness (QED) is 0.725. The van der Waals surface area contributed by atoms with Crippen molar-refractivity contribution < 1.29 is 14.3 Å². The van der Waals surface area contributed by atoms with Crippen LogP contribution in [0.3, 0.4) is 0 Å². The molecule has 0 aromatic heterocycles. The molecular formula is C11H12N4O4. The van der Waals surface area contributed by atoms with Crippen molar-refractivity contribution in [2.45, 2.75) is 13.0 Å². The third kappa shape index (κ3) is 2.07. The number of esters is 1. The lowest BCUT2D eigenvalue weighted by Crippen LogP contribution is -2.25. The molecule has 3 N–H and O–H groups in total. The number of H-pyrrole nitrogens is 1. The number of fused-ring (bicyclic) bond motifs is 1. The minimum atomic E-state index is -0.706. The number of amides is 1. The maximum atomic E-state index is 11.7. The van der Waals surface area contributed by atoms with Gasteiger partial charge in [0.15, 0.2) is 0 Å². The Kier molecular flexibility index (Phi) is 3.07. The second-order valence-corrected chi connectivity index (χ2v) is 4.00. The summed E-state index contributed by atoms with van der Waals surface area (Å²) in [5.41, 5.74) is 5.23. The molecule has 0 aromatic carbocycles. The van der Waals surface area contributed by atoms with Gasteiger partial charge in [-0.3, -0.25) is 9.59 Å². The van der Waals surface area contributed by atoms with Crippen molar-refractivity contribution in [3.8, 4) is 11.3 Å². The number of rotatable bonds is 3. The van der Waals surface area contributed by atoms with E-state index in [2.05, 4.69) is 14.9 Å². The Balaban J connectivity index is 2.70. The number of hydrogen-bond acceptors (Lipinski definition) is 5. The van der Waals surface area contributed by atoms with Gasteiger partial charge in [-0.25, -0.2) is 9.89 Å². The van der Waals surface area contributed by atoms with E-state index < -0.39 is 23.5 Å². The van der Waals surface area contributed by atoms with E-state index in [0.29, 0.717) is 0 Å². The summed E-state index contributed by atoms with van der Waals surface area (Å²) in [6.45, 7) is 1.56. The van der Waals surface area contributed by atoms with Crippen LogP contribution in [0, 0.1) is 0 Å². The predicted molar refractivity (Wildman–Crippen MR) is 64.7 cm³/mol. The molecule has 0 bridgehead atoms. The van der Waals surface area contributed by atoms with Crippen molar-refractivity contribution in [1.29, 1.82) is 0 Å². The summed E-state index contributed by atoms with van der Waals surface area (Å²) in [5.74, 6) is -1.24. The van der Waals surface area contributed by atoms with Crippen molar-refractivity contribution in [2.75, 3.05) is 7.11 Å². The van der Waals surface area contributed by atoms with Gasteiger partial charge in [0.2, 0.25) is 5.91 Å². The molecule has 0 radical (unpaired) electrons. The SMILES string of the molecule is COC(=O)c1cn([C@H](C)C(N)=O)cc2c(=O)[nH]nc1-2. The molecule has 0 aromatic rings. The van der Waals surface area contributed by atoms with Crippen molar-refractivity contribution in [2.24, 2.45) is 5.73 Å². The molecule has 2 heterocycles.